The lowest BCUT2D eigenvalue weighted by Gasteiger charge is -2.09. The Kier molecular flexibility index (Phi) is 3.26. The van der Waals surface area contributed by atoms with E-state index in [1.807, 2.05) is 0 Å². The van der Waals surface area contributed by atoms with E-state index in [1.165, 1.54) is 12.1 Å². The van der Waals surface area contributed by atoms with Crippen LogP contribution in [-0.4, -0.2) is 16.9 Å². The summed E-state index contributed by atoms with van der Waals surface area (Å²) in [6, 6.07) is 5.98. The Bertz CT molecular complexity index is 363. The number of hydrogen-bond donors (Lipinski definition) is 1. The molecule has 0 aliphatic carbocycles. The Morgan fingerprint density at radius 1 is 1.53 bits per heavy atom. The zero-order chi connectivity index (χ0) is 10.7. The number of rotatable bonds is 2. The first kappa shape index (κ1) is 10.5. The van der Waals surface area contributed by atoms with E-state index in [4.69, 9.17) is 0 Å². The summed E-state index contributed by atoms with van der Waals surface area (Å²) in [6.07, 6.45) is 2.01. The van der Waals surface area contributed by atoms with Gasteiger partial charge in [-0.25, -0.2) is 4.39 Å². The van der Waals surface area contributed by atoms with Crippen LogP contribution >= 0.6 is 11.8 Å². The van der Waals surface area contributed by atoms with Crippen molar-refractivity contribution in [3.05, 3.63) is 30.1 Å². The summed E-state index contributed by atoms with van der Waals surface area (Å²) in [5.74, 6) is 0.705. The predicted molar refractivity (Wildman–Crippen MR) is 60.5 cm³/mol. The number of benzene rings is 1. The lowest BCUT2D eigenvalue weighted by molar-refractivity contribution is -0.115. The number of amides is 1. The summed E-state index contributed by atoms with van der Waals surface area (Å²) < 4.78 is 12.8. The van der Waals surface area contributed by atoms with E-state index in [0.29, 0.717) is 5.69 Å². The maximum atomic E-state index is 12.8. The van der Waals surface area contributed by atoms with Crippen LogP contribution in [0.15, 0.2) is 24.3 Å². The molecule has 1 unspecified atom stereocenters. The summed E-state index contributed by atoms with van der Waals surface area (Å²) in [5, 5.41) is 2.76. The van der Waals surface area contributed by atoms with E-state index >= 15 is 0 Å². The summed E-state index contributed by atoms with van der Waals surface area (Å²) >= 11 is 1.67. The highest BCUT2D eigenvalue weighted by Crippen LogP contribution is 2.27. The Labute approximate surface area is 92.3 Å². The smallest absolute Gasteiger partial charge is 0.237 e. The van der Waals surface area contributed by atoms with Gasteiger partial charge in [0, 0.05) is 5.69 Å². The maximum Gasteiger partial charge on any atom is 0.237 e. The molecule has 1 heterocycles. The average molecular weight is 225 g/mol. The zero-order valence-electron chi connectivity index (χ0n) is 8.20. The number of hydrogen-bond acceptors (Lipinski definition) is 2. The van der Waals surface area contributed by atoms with E-state index < -0.39 is 0 Å². The van der Waals surface area contributed by atoms with Crippen molar-refractivity contribution in [1.82, 2.24) is 0 Å². The number of carbonyl (C=O) groups excluding carboxylic acids is 1. The molecule has 1 N–H and O–H groups in total. The van der Waals surface area contributed by atoms with Gasteiger partial charge in [-0.3, -0.25) is 4.79 Å². The molecule has 1 fully saturated rings. The van der Waals surface area contributed by atoms with Crippen LogP contribution in [0, 0.1) is 5.82 Å². The summed E-state index contributed by atoms with van der Waals surface area (Å²) in [4.78, 5) is 11.7. The van der Waals surface area contributed by atoms with Crippen molar-refractivity contribution in [2.24, 2.45) is 0 Å². The Morgan fingerprint density at radius 3 is 3.07 bits per heavy atom. The molecule has 1 aliphatic heterocycles. The standard InChI is InChI=1S/C11H12FNOS/c12-8-3-1-4-9(7-8)13-11(14)10-5-2-6-15-10/h1,3-4,7,10H,2,5-6H2,(H,13,14). The Hall–Kier alpha value is -1.03. The topological polar surface area (TPSA) is 29.1 Å². The molecule has 1 atom stereocenters. The van der Waals surface area contributed by atoms with Crippen molar-refractivity contribution in [2.75, 3.05) is 11.1 Å². The lowest BCUT2D eigenvalue weighted by atomic mass is 10.2. The van der Waals surface area contributed by atoms with Crippen molar-refractivity contribution in [1.29, 1.82) is 0 Å². The first-order chi connectivity index (χ1) is 7.25. The van der Waals surface area contributed by atoms with Crippen LogP contribution in [0.4, 0.5) is 10.1 Å². The third-order valence-corrected chi connectivity index (χ3v) is 3.69. The number of carbonyl (C=O) groups is 1. The maximum absolute atomic E-state index is 12.8. The van der Waals surface area contributed by atoms with Crippen molar-refractivity contribution >= 4 is 23.4 Å². The second kappa shape index (κ2) is 4.66. The average Bonchev–Trinajstić information content (AvgIpc) is 2.70. The van der Waals surface area contributed by atoms with E-state index in [2.05, 4.69) is 5.32 Å². The highest BCUT2D eigenvalue weighted by Gasteiger charge is 2.23. The predicted octanol–water partition coefficient (Wildman–Crippen LogP) is 2.66. The van der Waals surface area contributed by atoms with Crippen LogP contribution in [0.25, 0.3) is 0 Å². The molecule has 0 saturated carbocycles. The highest BCUT2D eigenvalue weighted by molar-refractivity contribution is 8.00. The second-order valence-corrected chi connectivity index (χ2v) is 4.81. The third kappa shape index (κ3) is 2.72. The third-order valence-electron chi connectivity index (χ3n) is 2.31. The summed E-state index contributed by atoms with van der Waals surface area (Å²) in [5.41, 5.74) is 0.535. The molecule has 1 aliphatic rings. The van der Waals surface area contributed by atoms with E-state index in [0.717, 1.165) is 18.6 Å². The minimum absolute atomic E-state index is 0.0110. The van der Waals surface area contributed by atoms with Gasteiger partial charge in [0.25, 0.3) is 0 Å². The minimum atomic E-state index is -0.327. The van der Waals surface area contributed by atoms with Crippen LogP contribution < -0.4 is 5.32 Å². The highest BCUT2D eigenvalue weighted by atomic mass is 32.2. The second-order valence-electron chi connectivity index (χ2n) is 3.50. The van der Waals surface area contributed by atoms with Crippen LogP contribution in [0.5, 0.6) is 0 Å². The quantitative estimate of drug-likeness (QED) is 0.838. The van der Waals surface area contributed by atoms with Gasteiger partial charge >= 0.3 is 0 Å². The molecule has 2 nitrogen and oxygen atoms in total. The summed E-state index contributed by atoms with van der Waals surface area (Å²) in [7, 11) is 0. The van der Waals surface area contributed by atoms with Gasteiger partial charge in [-0.15, -0.1) is 11.8 Å². The van der Waals surface area contributed by atoms with Gasteiger partial charge in [0.05, 0.1) is 5.25 Å². The van der Waals surface area contributed by atoms with E-state index in [-0.39, 0.29) is 17.0 Å². The Balaban J connectivity index is 1.99. The van der Waals surface area contributed by atoms with Crippen molar-refractivity contribution in [2.45, 2.75) is 18.1 Å². The van der Waals surface area contributed by atoms with Gasteiger partial charge in [0.1, 0.15) is 5.82 Å². The molecule has 0 bridgehead atoms. The van der Waals surface area contributed by atoms with Crippen LogP contribution in [0.1, 0.15) is 12.8 Å². The zero-order valence-corrected chi connectivity index (χ0v) is 9.02. The molecule has 0 aromatic heterocycles. The molecular formula is C11H12FNOS. The fraction of sp³-hybridized carbons (Fsp3) is 0.364. The largest absolute Gasteiger partial charge is 0.325 e. The van der Waals surface area contributed by atoms with Gasteiger partial charge in [-0.1, -0.05) is 6.07 Å². The van der Waals surface area contributed by atoms with Gasteiger partial charge in [-0.05, 0) is 36.8 Å². The fourth-order valence-corrected chi connectivity index (χ4v) is 2.73. The first-order valence-corrected chi connectivity index (χ1v) is 5.98. The Morgan fingerprint density at radius 2 is 2.40 bits per heavy atom. The van der Waals surface area contributed by atoms with Gasteiger partial charge in [0.15, 0.2) is 0 Å². The molecule has 2 rings (SSSR count). The number of anilines is 1. The number of halogens is 1. The first-order valence-electron chi connectivity index (χ1n) is 4.94. The molecule has 1 aromatic carbocycles. The normalized spacial score (nSPS) is 20.2. The molecule has 15 heavy (non-hydrogen) atoms. The van der Waals surface area contributed by atoms with Crippen LogP contribution in [0.3, 0.4) is 0 Å². The van der Waals surface area contributed by atoms with Crippen molar-refractivity contribution < 1.29 is 9.18 Å². The van der Waals surface area contributed by atoms with Crippen LogP contribution in [-0.2, 0) is 4.79 Å². The van der Waals surface area contributed by atoms with Gasteiger partial charge in [-0.2, -0.15) is 0 Å². The van der Waals surface area contributed by atoms with Gasteiger partial charge in [0.2, 0.25) is 5.91 Å². The SMILES string of the molecule is O=C(Nc1cccc(F)c1)C1CCCS1. The monoisotopic (exact) mass is 225 g/mol. The summed E-state index contributed by atoms with van der Waals surface area (Å²) in [6.45, 7) is 0. The van der Waals surface area contributed by atoms with Crippen molar-refractivity contribution in [3.8, 4) is 0 Å². The molecule has 1 saturated heterocycles. The molecule has 1 aromatic rings. The molecule has 80 valence electrons. The molecule has 0 spiro atoms. The number of nitrogens with one attached hydrogen (secondary N) is 1. The molecule has 4 heteroatoms. The van der Waals surface area contributed by atoms with Crippen LogP contribution in [0.2, 0.25) is 0 Å². The van der Waals surface area contributed by atoms with E-state index in [1.54, 1.807) is 23.9 Å². The van der Waals surface area contributed by atoms with E-state index in [9.17, 15) is 9.18 Å². The fourth-order valence-electron chi connectivity index (χ4n) is 1.57. The molecular weight excluding hydrogens is 213 g/mol. The lowest BCUT2D eigenvalue weighted by Crippen LogP contribution is -2.22. The van der Waals surface area contributed by atoms with Crippen molar-refractivity contribution in [3.63, 3.8) is 0 Å². The van der Waals surface area contributed by atoms with Gasteiger partial charge < -0.3 is 5.32 Å². The minimum Gasteiger partial charge on any atom is -0.325 e. The molecule has 0 radical (unpaired) electrons. The number of thioether (sulfide) groups is 1. The molecule has 1 amide bonds.